The lowest BCUT2D eigenvalue weighted by molar-refractivity contribution is -0.130. The number of thiazole rings is 1. The van der Waals surface area contributed by atoms with Crippen LogP contribution in [0.5, 0.6) is 11.5 Å². The molecular weight excluding hydrogens is 492 g/mol. The van der Waals surface area contributed by atoms with E-state index in [1.807, 2.05) is 13.8 Å². The average molecular weight is 525 g/mol. The van der Waals surface area contributed by atoms with Gasteiger partial charge < -0.3 is 23.9 Å². The van der Waals surface area contributed by atoms with Crippen molar-refractivity contribution in [2.45, 2.75) is 59.5 Å². The molecule has 1 aromatic carbocycles. The summed E-state index contributed by atoms with van der Waals surface area (Å²) in [5, 5.41) is 11.7. The Hall–Kier alpha value is -3.59. The third-order valence-electron chi connectivity index (χ3n) is 6.15. The van der Waals surface area contributed by atoms with Crippen LogP contribution < -0.4 is 9.47 Å². The van der Waals surface area contributed by atoms with Gasteiger partial charge in [0.15, 0.2) is 17.3 Å². The Balaban J connectivity index is 1.76. The topological polar surface area (TPSA) is 102 Å². The van der Waals surface area contributed by atoms with Crippen molar-refractivity contribution in [3.8, 4) is 11.5 Å². The molecule has 4 rings (SSSR count). The average Bonchev–Trinajstić information content (AvgIpc) is 3.57. The molecule has 1 aliphatic rings. The van der Waals surface area contributed by atoms with Gasteiger partial charge in [-0.1, -0.05) is 25.8 Å². The number of unbranched alkanes of at least 4 members (excludes halogenated alkanes) is 2. The zero-order chi connectivity index (χ0) is 26.5. The van der Waals surface area contributed by atoms with Gasteiger partial charge in [0.05, 0.1) is 53.2 Å². The smallest absolute Gasteiger partial charge is 0.290 e. The van der Waals surface area contributed by atoms with Crippen molar-refractivity contribution in [3.63, 3.8) is 0 Å². The Kier molecular flexibility index (Phi) is 8.33. The van der Waals surface area contributed by atoms with Gasteiger partial charge in [-0.3, -0.25) is 9.59 Å². The summed E-state index contributed by atoms with van der Waals surface area (Å²) in [7, 11) is 0. The molecule has 3 aromatic rings. The Bertz CT molecular complexity index is 1290. The molecule has 0 spiro atoms. The van der Waals surface area contributed by atoms with Crippen molar-refractivity contribution in [1.29, 1.82) is 0 Å². The second kappa shape index (κ2) is 11.6. The van der Waals surface area contributed by atoms with E-state index < -0.39 is 23.5 Å². The van der Waals surface area contributed by atoms with Crippen molar-refractivity contribution in [2.24, 2.45) is 0 Å². The van der Waals surface area contributed by atoms with Crippen LogP contribution in [0.4, 0.5) is 0 Å². The number of benzene rings is 1. The number of carbonyl (C=O) groups excluding carboxylic acids is 2. The molecule has 9 heteroatoms. The number of aromatic nitrogens is 1. The van der Waals surface area contributed by atoms with Crippen LogP contribution in [0.25, 0.3) is 0 Å². The minimum atomic E-state index is -0.847. The predicted molar refractivity (Wildman–Crippen MR) is 140 cm³/mol. The lowest BCUT2D eigenvalue weighted by Crippen LogP contribution is -2.30. The second-order valence-electron chi connectivity index (χ2n) is 8.85. The molecule has 1 N–H and O–H groups in total. The summed E-state index contributed by atoms with van der Waals surface area (Å²) in [6, 6.07) is 8.01. The third-order valence-corrected chi connectivity index (χ3v) is 7.22. The van der Waals surface area contributed by atoms with Crippen molar-refractivity contribution in [1.82, 2.24) is 9.88 Å². The van der Waals surface area contributed by atoms with E-state index in [0.29, 0.717) is 46.6 Å². The largest absolute Gasteiger partial charge is 0.503 e. The van der Waals surface area contributed by atoms with Crippen LogP contribution in [0.15, 0.2) is 52.3 Å². The molecule has 3 heterocycles. The maximum absolute atomic E-state index is 13.7. The van der Waals surface area contributed by atoms with E-state index in [9.17, 15) is 14.7 Å². The van der Waals surface area contributed by atoms with E-state index >= 15 is 0 Å². The minimum Gasteiger partial charge on any atom is -0.503 e. The van der Waals surface area contributed by atoms with Crippen LogP contribution in [0.1, 0.15) is 70.8 Å². The Labute approximate surface area is 220 Å². The lowest BCUT2D eigenvalue weighted by Gasteiger charge is -2.26. The number of hydrogen-bond donors (Lipinski definition) is 1. The van der Waals surface area contributed by atoms with Crippen molar-refractivity contribution < 1.29 is 28.6 Å². The van der Waals surface area contributed by atoms with E-state index in [1.54, 1.807) is 37.3 Å². The molecular formula is C28H32N2O6S. The fraction of sp³-hybridized carbons (Fsp3) is 0.393. The summed E-state index contributed by atoms with van der Waals surface area (Å²) in [6.07, 6.45) is 4.61. The van der Waals surface area contributed by atoms with Crippen LogP contribution >= 0.6 is 11.3 Å². The Morgan fingerprint density at radius 3 is 2.62 bits per heavy atom. The number of ether oxygens (including phenoxy) is 2. The highest BCUT2D eigenvalue weighted by Gasteiger charge is 2.45. The SMILES string of the molecule is CCCCCOc1ccc(C2C(C(=O)c3sc(C)nc3C)=C(O)C(=O)N2Cc2ccco2)cc1OCC. The molecule has 1 atom stereocenters. The summed E-state index contributed by atoms with van der Waals surface area (Å²) < 4.78 is 17.3. The maximum Gasteiger partial charge on any atom is 0.290 e. The summed E-state index contributed by atoms with van der Waals surface area (Å²) in [4.78, 5) is 33.2. The van der Waals surface area contributed by atoms with Gasteiger partial charge in [0, 0.05) is 0 Å². The highest BCUT2D eigenvalue weighted by atomic mass is 32.1. The van der Waals surface area contributed by atoms with Crippen molar-refractivity contribution in [3.05, 3.63) is 74.8 Å². The molecule has 0 aliphatic carbocycles. The number of Topliss-reactive ketones (excluding diaryl/α,β-unsaturated/α-hetero) is 1. The second-order valence-corrected chi connectivity index (χ2v) is 10.1. The van der Waals surface area contributed by atoms with E-state index in [-0.39, 0.29) is 12.1 Å². The van der Waals surface area contributed by atoms with E-state index in [1.165, 1.54) is 22.5 Å². The monoisotopic (exact) mass is 524 g/mol. The number of ketones is 1. The number of hydrogen-bond acceptors (Lipinski definition) is 8. The molecule has 1 aliphatic heterocycles. The van der Waals surface area contributed by atoms with E-state index in [2.05, 4.69) is 11.9 Å². The lowest BCUT2D eigenvalue weighted by atomic mass is 9.94. The van der Waals surface area contributed by atoms with E-state index in [0.717, 1.165) is 24.3 Å². The number of carbonyl (C=O) groups is 2. The quantitative estimate of drug-likeness (QED) is 0.226. The molecule has 2 aromatic heterocycles. The number of furan rings is 1. The maximum atomic E-state index is 13.7. The summed E-state index contributed by atoms with van der Waals surface area (Å²) in [6.45, 7) is 8.64. The van der Waals surface area contributed by atoms with Gasteiger partial charge in [0.2, 0.25) is 5.78 Å². The van der Waals surface area contributed by atoms with Gasteiger partial charge in [0.25, 0.3) is 5.91 Å². The summed E-state index contributed by atoms with van der Waals surface area (Å²) >= 11 is 1.24. The Morgan fingerprint density at radius 2 is 1.97 bits per heavy atom. The third kappa shape index (κ3) is 5.56. The summed E-state index contributed by atoms with van der Waals surface area (Å²) in [5.74, 6) is 0.0270. The highest BCUT2D eigenvalue weighted by Crippen LogP contribution is 2.43. The zero-order valence-electron chi connectivity index (χ0n) is 21.6. The first-order valence-electron chi connectivity index (χ1n) is 12.5. The fourth-order valence-corrected chi connectivity index (χ4v) is 5.32. The van der Waals surface area contributed by atoms with Gasteiger partial charge in [-0.2, -0.15) is 0 Å². The van der Waals surface area contributed by atoms with Gasteiger partial charge >= 0.3 is 0 Å². The molecule has 0 radical (unpaired) electrons. The van der Waals surface area contributed by atoms with Gasteiger partial charge in [-0.05, 0) is 57.0 Å². The predicted octanol–water partition coefficient (Wildman–Crippen LogP) is 6.10. The van der Waals surface area contributed by atoms with Crippen molar-refractivity contribution in [2.75, 3.05) is 13.2 Å². The first-order chi connectivity index (χ1) is 17.8. The van der Waals surface area contributed by atoms with Crippen LogP contribution in [0.3, 0.4) is 0 Å². The first kappa shape index (κ1) is 26.5. The highest BCUT2D eigenvalue weighted by molar-refractivity contribution is 7.14. The molecule has 37 heavy (non-hydrogen) atoms. The zero-order valence-corrected chi connectivity index (χ0v) is 22.4. The minimum absolute atomic E-state index is 0.0161. The van der Waals surface area contributed by atoms with Crippen molar-refractivity contribution >= 4 is 23.0 Å². The molecule has 0 fully saturated rings. The number of aliphatic hydroxyl groups is 1. The molecule has 8 nitrogen and oxygen atoms in total. The molecule has 0 saturated heterocycles. The molecule has 196 valence electrons. The number of amides is 1. The molecule has 1 amide bonds. The van der Waals surface area contributed by atoms with Gasteiger partial charge in [0.1, 0.15) is 5.76 Å². The standard InChI is InChI=1S/C28H32N2O6S/c1-5-7-8-13-36-21-12-11-19(15-22(21)34-6-2)24-23(25(31)27-17(3)29-18(4)37-27)26(32)28(33)30(24)16-20-10-9-14-35-20/h9-12,14-15,24,32H,5-8,13,16H2,1-4H3. The normalized spacial score (nSPS) is 15.5. The number of rotatable bonds is 12. The fourth-order valence-electron chi connectivity index (χ4n) is 4.45. The van der Waals surface area contributed by atoms with E-state index in [4.69, 9.17) is 13.9 Å². The molecule has 0 saturated carbocycles. The first-order valence-corrected chi connectivity index (χ1v) is 13.3. The van der Waals surface area contributed by atoms with Gasteiger partial charge in [-0.15, -0.1) is 11.3 Å². The van der Waals surface area contributed by atoms with Gasteiger partial charge in [-0.25, -0.2) is 4.98 Å². The number of aryl methyl sites for hydroxylation is 2. The summed E-state index contributed by atoms with van der Waals surface area (Å²) in [5.41, 5.74) is 1.20. The van der Waals surface area contributed by atoms with Crippen LogP contribution in [0, 0.1) is 13.8 Å². The number of nitrogens with zero attached hydrogens (tertiary/aromatic N) is 2. The molecule has 0 bridgehead atoms. The molecule has 1 unspecified atom stereocenters. The Morgan fingerprint density at radius 1 is 1.16 bits per heavy atom. The van der Waals surface area contributed by atoms with Crippen LogP contribution in [0.2, 0.25) is 0 Å². The van der Waals surface area contributed by atoms with Crippen LogP contribution in [-0.2, 0) is 11.3 Å². The number of aliphatic hydroxyl groups excluding tert-OH is 1. The van der Waals surface area contributed by atoms with Crippen LogP contribution in [-0.4, -0.2) is 39.9 Å².